The molecular weight excluding hydrogens is 219 g/mol. The van der Waals surface area contributed by atoms with Crippen molar-refractivity contribution < 1.29 is 9.13 Å². The topological polar surface area (TPSA) is 38.5 Å². The summed E-state index contributed by atoms with van der Waals surface area (Å²) in [7, 11) is 5.42. The number of rotatable bonds is 4. The van der Waals surface area contributed by atoms with Crippen LogP contribution in [0.4, 0.5) is 4.39 Å². The summed E-state index contributed by atoms with van der Waals surface area (Å²) >= 11 is 0. The maximum absolute atomic E-state index is 13.4. The molecule has 0 fully saturated rings. The fourth-order valence-corrected chi connectivity index (χ4v) is 2.26. The van der Waals surface area contributed by atoms with Gasteiger partial charge in [0.25, 0.3) is 0 Å². The average Bonchev–Trinajstić information content (AvgIpc) is 2.15. The molecule has 0 spiro atoms. The Kier molecular flexibility index (Phi) is 4.11. The first-order chi connectivity index (χ1) is 7.77. The molecule has 0 aliphatic heterocycles. The largest absolute Gasteiger partial charge is 0.496 e. The molecule has 1 aromatic rings. The number of hydrogen-bond donors (Lipinski definition) is 1. The van der Waals surface area contributed by atoms with Crippen LogP contribution in [-0.4, -0.2) is 31.6 Å². The van der Waals surface area contributed by atoms with E-state index in [4.69, 9.17) is 10.5 Å². The minimum absolute atomic E-state index is 0.117. The summed E-state index contributed by atoms with van der Waals surface area (Å²) in [6.45, 7) is 3.84. The Bertz CT molecular complexity index is 385. The normalized spacial score (nSPS) is 13.9. The van der Waals surface area contributed by atoms with Gasteiger partial charge in [-0.15, -0.1) is 0 Å². The van der Waals surface area contributed by atoms with Gasteiger partial charge in [-0.25, -0.2) is 4.39 Å². The second-order valence-electron chi connectivity index (χ2n) is 5.07. The Hall–Kier alpha value is -1.13. The van der Waals surface area contributed by atoms with Crippen LogP contribution in [0.3, 0.4) is 0 Å². The first-order valence-corrected chi connectivity index (χ1v) is 5.56. The van der Waals surface area contributed by atoms with Crippen molar-refractivity contribution in [3.8, 4) is 5.75 Å². The van der Waals surface area contributed by atoms with Gasteiger partial charge in [0.15, 0.2) is 0 Å². The number of halogens is 1. The lowest BCUT2D eigenvalue weighted by molar-refractivity contribution is 0.199. The molecule has 0 aliphatic rings. The van der Waals surface area contributed by atoms with E-state index in [0.717, 1.165) is 5.56 Å². The maximum Gasteiger partial charge on any atom is 0.123 e. The van der Waals surface area contributed by atoms with Gasteiger partial charge in [0.05, 0.1) is 13.2 Å². The van der Waals surface area contributed by atoms with E-state index < -0.39 is 5.54 Å². The van der Waals surface area contributed by atoms with E-state index in [1.165, 1.54) is 12.1 Å². The van der Waals surface area contributed by atoms with Gasteiger partial charge in [-0.2, -0.15) is 0 Å². The molecule has 0 aromatic heterocycles. The maximum atomic E-state index is 13.4. The zero-order chi connectivity index (χ0) is 13.2. The Labute approximate surface area is 102 Å². The van der Waals surface area contributed by atoms with Crippen molar-refractivity contribution >= 4 is 0 Å². The van der Waals surface area contributed by atoms with E-state index in [-0.39, 0.29) is 11.9 Å². The Morgan fingerprint density at radius 3 is 2.35 bits per heavy atom. The molecule has 4 heteroatoms. The minimum Gasteiger partial charge on any atom is -0.496 e. The van der Waals surface area contributed by atoms with Gasteiger partial charge in [0, 0.05) is 11.1 Å². The third-order valence-corrected chi connectivity index (χ3v) is 2.71. The molecule has 1 rings (SSSR count). The lowest BCUT2D eigenvalue weighted by atomic mass is 9.88. The predicted octanol–water partition coefficient (Wildman–Crippen LogP) is 2.17. The number of likely N-dealkylation sites (N-methyl/N-ethyl adjacent to an activating group) is 1. The molecule has 96 valence electrons. The van der Waals surface area contributed by atoms with Gasteiger partial charge < -0.3 is 15.4 Å². The van der Waals surface area contributed by atoms with E-state index in [1.807, 2.05) is 32.8 Å². The van der Waals surface area contributed by atoms with Crippen molar-refractivity contribution in [1.29, 1.82) is 0 Å². The summed E-state index contributed by atoms with van der Waals surface area (Å²) < 4.78 is 18.7. The average molecular weight is 240 g/mol. The summed E-state index contributed by atoms with van der Waals surface area (Å²) in [5.41, 5.74) is 6.44. The predicted molar refractivity (Wildman–Crippen MR) is 67.6 cm³/mol. The van der Waals surface area contributed by atoms with Crippen LogP contribution in [-0.2, 0) is 0 Å². The second-order valence-corrected chi connectivity index (χ2v) is 5.07. The highest BCUT2D eigenvalue weighted by molar-refractivity contribution is 5.38. The van der Waals surface area contributed by atoms with E-state index >= 15 is 0 Å². The van der Waals surface area contributed by atoms with E-state index in [1.54, 1.807) is 13.2 Å². The number of nitrogens with zero attached hydrogens (tertiary/aromatic N) is 1. The Morgan fingerprint density at radius 2 is 1.94 bits per heavy atom. The molecule has 0 amide bonds. The molecule has 1 atom stereocenters. The molecular formula is C13H21FN2O. The SMILES string of the molecule is COc1ccc(F)cc1C(N(C)C)C(C)(C)N. The number of nitrogens with two attached hydrogens (primary N) is 1. The van der Waals surface area contributed by atoms with Crippen LogP contribution in [0.25, 0.3) is 0 Å². The summed E-state index contributed by atoms with van der Waals surface area (Å²) in [5.74, 6) is 0.375. The van der Waals surface area contributed by atoms with E-state index in [9.17, 15) is 4.39 Å². The summed E-state index contributed by atoms with van der Waals surface area (Å²) in [6, 6.07) is 4.39. The van der Waals surface area contributed by atoms with Gasteiger partial charge in [-0.05, 0) is 46.1 Å². The van der Waals surface area contributed by atoms with Gasteiger partial charge in [-0.1, -0.05) is 0 Å². The molecule has 1 unspecified atom stereocenters. The van der Waals surface area contributed by atoms with Crippen LogP contribution < -0.4 is 10.5 Å². The highest BCUT2D eigenvalue weighted by atomic mass is 19.1. The molecule has 1 aromatic carbocycles. The molecule has 0 radical (unpaired) electrons. The molecule has 17 heavy (non-hydrogen) atoms. The van der Waals surface area contributed by atoms with Crippen LogP contribution in [0.1, 0.15) is 25.5 Å². The Morgan fingerprint density at radius 1 is 1.35 bits per heavy atom. The number of hydrogen-bond acceptors (Lipinski definition) is 3. The minimum atomic E-state index is -0.495. The van der Waals surface area contributed by atoms with Crippen LogP contribution >= 0.6 is 0 Å². The molecule has 0 saturated carbocycles. The zero-order valence-electron chi connectivity index (χ0n) is 11.1. The van der Waals surface area contributed by atoms with Crippen molar-refractivity contribution in [3.05, 3.63) is 29.6 Å². The van der Waals surface area contributed by atoms with Gasteiger partial charge >= 0.3 is 0 Å². The first-order valence-electron chi connectivity index (χ1n) is 5.56. The van der Waals surface area contributed by atoms with Gasteiger partial charge in [0.2, 0.25) is 0 Å². The van der Waals surface area contributed by atoms with Crippen molar-refractivity contribution in [3.63, 3.8) is 0 Å². The van der Waals surface area contributed by atoms with Crippen LogP contribution in [0.5, 0.6) is 5.75 Å². The van der Waals surface area contributed by atoms with E-state index in [0.29, 0.717) is 5.75 Å². The fraction of sp³-hybridized carbons (Fsp3) is 0.538. The number of ether oxygens (including phenoxy) is 1. The monoisotopic (exact) mass is 240 g/mol. The smallest absolute Gasteiger partial charge is 0.123 e. The lowest BCUT2D eigenvalue weighted by Gasteiger charge is -2.36. The third-order valence-electron chi connectivity index (χ3n) is 2.71. The summed E-state index contributed by atoms with van der Waals surface area (Å²) in [5, 5.41) is 0. The first kappa shape index (κ1) is 13.9. The van der Waals surface area contributed by atoms with Crippen LogP contribution in [0, 0.1) is 5.82 Å². The second kappa shape index (κ2) is 5.02. The molecule has 0 aliphatic carbocycles. The Balaban J connectivity index is 3.32. The van der Waals surface area contributed by atoms with Crippen molar-refractivity contribution in [2.24, 2.45) is 5.73 Å². The highest BCUT2D eigenvalue weighted by Crippen LogP contribution is 2.34. The zero-order valence-corrected chi connectivity index (χ0v) is 11.1. The van der Waals surface area contributed by atoms with E-state index in [2.05, 4.69) is 0 Å². The molecule has 0 heterocycles. The van der Waals surface area contributed by atoms with Gasteiger partial charge in [-0.3, -0.25) is 0 Å². The summed E-state index contributed by atoms with van der Waals surface area (Å²) in [6.07, 6.45) is 0. The van der Waals surface area contributed by atoms with Crippen LogP contribution in [0.2, 0.25) is 0 Å². The van der Waals surface area contributed by atoms with Crippen molar-refractivity contribution in [2.45, 2.75) is 25.4 Å². The number of methoxy groups -OCH3 is 1. The van der Waals surface area contributed by atoms with Crippen LogP contribution in [0.15, 0.2) is 18.2 Å². The lowest BCUT2D eigenvalue weighted by Crippen LogP contribution is -2.46. The third kappa shape index (κ3) is 3.17. The quantitative estimate of drug-likeness (QED) is 0.876. The molecule has 2 N–H and O–H groups in total. The summed E-state index contributed by atoms with van der Waals surface area (Å²) in [4.78, 5) is 1.97. The highest BCUT2D eigenvalue weighted by Gasteiger charge is 2.31. The van der Waals surface area contributed by atoms with Gasteiger partial charge in [0.1, 0.15) is 11.6 Å². The fourth-order valence-electron chi connectivity index (χ4n) is 2.26. The molecule has 0 bridgehead atoms. The van der Waals surface area contributed by atoms with Crippen molar-refractivity contribution in [1.82, 2.24) is 4.90 Å². The molecule has 3 nitrogen and oxygen atoms in total. The van der Waals surface area contributed by atoms with Crippen molar-refractivity contribution in [2.75, 3.05) is 21.2 Å². The molecule has 0 saturated heterocycles. The standard InChI is InChI=1S/C13H21FN2O/c1-13(2,15)12(16(3)4)10-8-9(14)6-7-11(10)17-5/h6-8,12H,15H2,1-5H3. The number of benzene rings is 1.